The van der Waals surface area contributed by atoms with Crippen molar-refractivity contribution in [3.8, 4) is 0 Å². The van der Waals surface area contributed by atoms with Crippen molar-refractivity contribution in [2.24, 2.45) is 0 Å². The topological polar surface area (TPSA) is 87.7 Å². The van der Waals surface area contributed by atoms with Gasteiger partial charge >= 0.3 is 0 Å². The number of ether oxygens (including phenoxy) is 1. The van der Waals surface area contributed by atoms with Gasteiger partial charge in [-0.15, -0.1) is 0 Å². The van der Waals surface area contributed by atoms with Crippen LogP contribution in [0.15, 0.2) is 0 Å². The van der Waals surface area contributed by atoms with E-state index in [1.54, 1.807) is 4.90 Å². The monoisotopic (exact) mass is 321 g/mol. The maximum absolute atomic E-state index is 12.1. The highest BCUT2D eigenvalue weighted by atomic mass is 32.2. The van der Waals surface area contributed by atoms with Crippen molar-refractivity contribution < 1.29 is 17.9 Å². The number of amides is 1. The molecule has 8 heteroatoms. The fraction of sp³-hybridized carbons (Fsp3) is 0.923. The second-order valence-electron chi connectivity index (χ2n) is 5.63. The second-order valence-corrected chi connectivity index (χ2v) is 7.56. The largest absolute Gasteiger partial charge is 0.378 e. The quantitative estimate of drug-likeness (QED) is 0.662. The highest BCUT2D eigenvalue weighted by molar-refractivity contribution is 7.89. The zero-order valence-electron chi connectivity index (χ0n) is 13.3. The highest BCUT2D eigenvalue weighted by Gasteiger charge is 2.28. The predicted molar refractivity (Wildman–Crippen MR) is 81.5 cm³/mol. The molecule has 1 heterocycles. The average molecular weight is 321 g/mol. The molecule has 0 aromatic heterocycles. The minimum atomic E-state index is -3.48. The zero-order chi connectivity index (χ0) is 16.0. The summed E-state index contributed by atoms with van der Waals surface area (Å²) in [5.74, 6) is -0.324. The third-order valence-corrected chi connectivity index (χ3v) is 4.89. The molecule has 1 aliphatic heterocycles. The fourth-order valence-corrected chi connectivity index (χ4v) is 2.95. The Balaban J connectivity index is 2.41. The molecule has 0 spiro atoms. The Kier molecular flexibility index (Phi) is 7.05. The minimum Gasteiger partial charge on any atom is -0.378 e. The van der Waals surface area contributed by atoms with E-state index in [0.717, 1.165) is 6.54 Å². The number of nitrogens with zero attached hydrogens (tertiary/aromatic N) is 1. The van der Waals surface area contributed by atoms with Crippen LogP contribution in [0.5, 0.6) is 0 Å². The van der Waals surface area contributed by atoms with Gasteiger partial charge < -0.3 is 15.0 Å². The third kappa shape index (κ3) is 6.29. The van der Waals surface area contributed by atoms with Gasteiger partial charge in [-0.05, 0) is 27.7 Å². The summed E-state index contributed by atoms with van der Waals surface area (Å²) in [4.78, 5) is 13.8. The van der Waals surface area contributed by atoms with Crippen LogP contribution in [0, 0.1) is 0 Å². The highest BCUT2D eigenvalue weighted by Crippen LogP contribution is 2.08. The van der Waals surface area contributed by atoms with E-state index in [1.165, 1.54) is 0 Å². The lowest BCUT2D eigenvalue weighted by Gasteiger charge is -2.38. The van der Waals surface area contributed by atoms with Crippen LogP contribution in [0.1, 0.15) is 27.7 Å². The van der Waals surface area contributed by atoms with Gasteiger partial charge in [0, 0.05) is 25.2 Å². The number of sulfonamides is 1. The van der Waals surface area contributed by atoms with Crippen molar-refractivity contribution in [1.29, 1.82) is 0 Å². The molecule has 21 heavy (non-hydrogen) atoms. The lowest BCUT2D eigenvalue weighted by atomic mass is 10.1. The molecule has 2 atom stereocenters. The molecule has 0 radical (unpaired) electrons. The normalized spacial score (nSPS) is 23.6. The van der Waals surface area contributed by atoms with Crippen molar-refractivity contribution in [2.45, 2.75) is 45.9 Å². The molecular weight excluding hydrogens is 294 g/mol. The maximum atomic E-state index is 12.1. The molecule has 0 saturated carbocycles. The number of hydrogen-bond acceptors (Lipinski definition) is 5. The Bertz CT molecular complexity index is 439. The van der Waals surface area contributed by atoms with Crippen LogP contribution in [0.2, 0.25) is 0 Å². The SMILES string of the molecule is CC(C)OCCS(=O)(=O)NCC(=O)N1CCNC(C)C1C. The van der Waals surface area contributed by atoms with Crippen LogP contribution in [0.3, 0.4) is 0 Å². The molecule has 0 aliphatic carbocycles. The van der Waals surface area contributed by atoms with Crippen molar-refractivity contribution in [3.63, 3.8) is 0 Å². The first kappa shape index (κ1) is 18.3. The number of nitrogens with one attached hydrogen (secondary N) is 2. The molecule has 1 rings (SSSR count). The van der Waals surface area contributed by atoms with Crippen LogP contribution in [-0.2, 0) is 19.6 Å². The fourth-order valence-electron chi connectivity index (χ4n) is 2.15. The van der Waals surface area contributed by atoms with E-state index >= 15 is 0 Å². The molecule has 1 saturated heterocycles. The summed E-state index contributed by atoms with van der Waals surface area (Å²) < 4.78 is 31.1. The first-order chi connectivity index (χ1) is 9.73. The van der Waals surface area contributed by atoms with Crippen LogP contribution < -0.4 is 10.0 Å². The van der Waals surface area contributed by atoms with Gasteiger partial charge in [0.2, 0.25) is 15.9 Å². The van der Waals surface area contributed by atoms with Gasteiger partial charge in [0.15, 0.2) is 0 Å². The Morgan fingerprint density at radius 2 is 2.10 bits per heavy atom. The summed E-state index contributed by atoms with van der Waals surface area (Å²) in [5.41, 5.74) is 0. The van der Waals surface area contributed by atoms with E-state index < -0.39 is 10.0 Å². The van der Waals surface area contributed by atoms with Gasteiger partial charge in [0.1, 0.15) is 0 Å². The van der Waals surface area contributed by atoms with Crippen molar-refractivity contribution in [1.82, 2.24) is 14.9 Å². The van der Waals surface area contributed by atoms with Gasteiger partial charge in [-0.25, -0.2) is 13.1 Å². The summed E-state index contributed by atoms with van der Waals surface area (Å²) in [5, 5.41) is 3.28. The van der Waals surface area contributed by atoms with E-state index in [9.17, 15) is 13.2 Å². The van der Waals surface area contributed by atoms with Gasteiger partial charge in [-0.1, -0.05) is 0 Å². The first-order valence-electron chi connectivity index (χ1n) is 7.34. The molecule has 1 amide bonds. The van der Waals surface area contributed by atoms with E-state index in [4.69, 9.17) is 4.74 Å². The minimum absolute atomic E-state index is 0.00924. The van der Waals surface area contributed by atoms with E-state index in [2.05, 4.69) is 10.0 Å². The lowest BCUT2D eigenvalue weighted by molar-refractivity contribution is -0.133. The number of rotatable bonds is 7. The van der Waals surface area contributed by atoms with Gasteiger partial charge in [-0.3, -0.25) is 4.79 Å². The van der Waals surface area contributed by atoms with E-state index in [-0.39, 0.29) is 43.0 Å². The maximum Gasteiger partial charge on any atom is 0.237 e. The predicted octanol–water partition coefficient (Wildman–Crippen LogP) is -0.460. The molecule has 124 valence electrons. The molecule has 0 bridgehead atoms. The Labute approximate surface area is 127 Å². The van der Waals surface area contributed by atoms with E-state index in [1.807, 2.05) is 27.7 Å². The third-order valence-electron chi connectivity index (χ3n) is 3.60. The first-order valence-corrected chi connectivity index (χ1v) is 9.00. The van der Waals surface area contributed by atoms with Crippen LogP contribution in [0.4, 0.5) is 0 Å². The zero-order valence-corrected chi connectivity index (χ0v) is 14.1. The van der Waals surface area contributed by atoms with Crippen LogP contribution in [0.25, 0.3) is 0 Å². The van der Waals surface area contributed by atoms with Crippen molar-refractivity contribution >= 4 is 15.9 Å². The van der Waals surface area contributed by atoms with Crippen LogP contribution >= 0.6 is 0 Å². The summed E-state index contributed by atoms with van der Waals surface area (Å²) in [7, 11) is -3.48. The van der Waals surface area contributed by atoms with Crippen LogP contribution in [-0.4, -0.2) is 69.4 Å². The standard InChI is InChI=1S/C13H27N3O4S/c1-10(2)20-7-8-21(18,19)15-9-13(17)16-6-5-14-11(3)12(16)4/h10-12,14-15H,5-9H2,1-4H3. The smallest absolute Gasteiger partial charge is 0.237 e. The molecule has 7 nitrogen and oxygen atoms in total. The Hall–Kier alpha value is -0.700. The van der Waals surface area contributed by atoms with Crippen molar-refractivity contribution in [3.05, 3.63) is 0 Å². The molecule has 0 aromatic rings. The Morgan fingerprint density at radius 3 is 2.71 bits per heavy atom. The Morgan fingerprint density at radius 1 is 1.43 bits per heavy atom. The van der Waals surface area contributed by atoms with Crippen molar-refractivity contribution in [2.75, 3.05) is 32.0 Å². The summed E-state index contributed by atoms with van der Waals surface area (Å²) >= 11 is 0. The average Bonchev–Trinajstić information content (AvgIpc) is 2.38. The summed E-state index contributed by atoms with van der Waals surface area (Å²) in [6, 6.07) is 0.263. The summed E-state index contributed by atoms with van der Waals surface area (Å²) in [6.45, 7) is 8.92. The summed E-state index contributed by atoms with van der Waals surface area (Å²) in [6.07, 6.45) is -0.00924. The molecular formula is C13H27N3O4S. The molecule has 1 aliphatic rings. The molecule has 2 unspecified atom stereocenters. The van der Waals surface area contributed by atoms with E-state index in [0.29, 0.717) is 6.54 Å². The number of hydrogen-bond donors (Lipinski definition) is 2. The molecule has 1 fully saturated rings. The number of carbonyl (C=O) groups is 1. The second kappa shape index (κ2) is 8.07. The molecule has 0 aromatic carbocycles. The number of carbonyl (C=O) groups excluding carboxylic acids is 1. The van der Waals surface area contributed by atoms with Gasteiger partial charge in [-0.2, -0.15) is 0 Å². The van der Waals surface area contributed by atoms with Gasteiger partial charge in [0.05, 0.1) is 25.0 Å². The molecule has 2 N–H and O–H groups in total. The van der Waals surface area contributed by atoms with Gasteiger partial charge in [0.25, 0.3) is 0 Å². The lowest BCUT2D eigenvalue weighted by Crippen LogP contribution is -2.58. The number of piperazine rings is 1.